The van der Waals surface area contributed by atoms with E-state index in [0.717, 1.165) is 10.4 Å². The molecule has 1 saturated heterocycles. The Hall–Kier alpha value is -1.53. The van der Waals surface area contributed by atoms with Crippen LogP contribution in [0, 0.1) is 17.1 Å². The fraction of sp³-hybridized carbons (Fsp3) is 0.417. The molecule has 0 saturated carbocycles. The van der Waals surface area contributed by atoms with Gasteiger partial charge in [0.1, 0.15) is 22.3 Å². The molecule has 0 amide bonds. The topological polar surface area (TPSA) is 90.6 Å². The van der Waals surface area contributed by atoms with Gasteiger partial charge in [-0.1, -0.05) is 6.07 Å². The first-order valence-corrected chi connectivity index (χ1v) is 7.35. The standard InChI is InChI=1S/C12H13FN2O4S/c13-11-2-1-3-12(10(11)6-14)20(17,18)15-4-5-19-8-9(15)7-16/h1-3,9,16H,4-5,7-8H2. The average Bonchev–Trinajstić information content (AvgIpc) is 2.46. The highest BCUT2D eigenvalue weighted by Gasteiger charge is 2.35. The molecule has 1 aliphatic heterocycles. The first kappa shape index (κ1) is 14.9. The van der Waals surface area contributed by atoms with E-state index in [1.807, 2.05) is 0 Å². The Morgan fingerprint density at radius 2 is 2.30 bits per heavy atom. The maximum atomic E-state index is 13.5. The number of ether oxygens (including phenoxy) is 1. The Kier molecular flexibility index (Phi) is 4.35. The summed E-state index contributed by atoms with van der Waals surface area (Å²) in [5.41, 5.74) is -0.518. The summed E-state index contributed by atoms with van der Waals surface area (Å²) in [5, 5.41) is 18.2. The zero-order valence-electron chi connectivity index (χ0n) is 10.5. The van der Waals surface area contributed by atoms with Gasteiger partial charge in [0.25, 0.3) is 0 Å². The van der Waals surface area contributed by atoms with Crippen LogP contribution in [0.5, 0.6) is 0 Å². The highest BCUT2D eigenvalue weighted by atomic mass is 32.2. The van der Waals surface area contributed by atoms with Crippen molar-refractivity contribution in [2.75, 3.05) is 26.4 Å². The Morgan fingerprint density at radius 1 is 1.55 bits per heavy atom. The Labute approximate surface area is 116 Å². The lowest BCUT2D eigenvalue weighted by Crippen LogP contribution is -2.50. The molecule has 1 N–H and O–H groups in total. The van der Waals surface area contributed by atoms with Gasteiger partial charge in [-0.15, -0.1) is 0 Å². The van der Waals surface area contributed by atoms with Gasteiger partial charge in [-0.25, -0.2) is 12.8 Å². The maximum Gasteiger partial charge on any atom is 0.244 e. The van der Waals surface area contributed by atoms with Crippen LogP contribution in [0.25, 0.3) is 0 Å². The number of sulfonamides is 1. The van der Waals surface area contributed by atoms with Crippen LogP contribution in [-0.4, -0.2) is 50.2 Å². The van der Waals surface area contributed by atoms with Crippen molar-refractivity contribution in [1.29, 1.82) is 5.26 Å². The van der Waals surface area contributed by atoms with Crippen LogP contribution in [-0.2, 0) is 14.8 Å². The molecule has 1 heterocycles. The Morgan fingerprint density at radius 3 is 2.95 bits per heavy atom. The maximum absolute atomic E-state index is 13.5. The third-order valence-electron chi connectivity index (χ3n) is 3.06. The SMILES string of the molecule is N#Cc1c(F)cccc1S(=O)(=O)N1CCOCC1CO. The van der Waals surface area contributed by atoms with Gasteiger partial charge in [0.05, 0.1) is 25.9 Å². The van der Waals surface area contributed by atoms with Gasteiger partial charge >= 0.3 is 0 Å². The first-order valence-electron chi connectivity index (χ1n) is 5.91. The molecule has 6 nitrogen and oxygen atoms in total. The average molecular weight is 300 g/mol. The van der Waals surface area contributed by atoms with E-state index >= 15 is 0 Å². The Balaban J connectivity index is 2.50. The van der Waals surface area contributed by atoms with Crippen molar-refractivity contribution in [1.82, 2.24) is 4.31 Å². The molecule has 1 aromatic carbocycles. The fourth-order valence-electron chi connectivity index (χ4n) is 2.05. The lowest BCUT2D eigenvalue weighted by molar-refractivity contribution is 0.0109. The molecule has 8 heteroatoms. The van der Waals surface area contributed by atoms with Crippen LogP contribution in [0.1, 0.15) is 5.56 Å². The number of halogens is 1. The third kappa shape index (κ3) is 2.53. The smallest absolute Gasteiger partial charge is 0.244 e. The van der Waals surface area contributed by atoms with E-state index in [0.29, 0.717) is 0 Å². The van der Waals surface area contributed by atoms with E-state index in [2.05, 4.69) is 0 Å². The van der Waals surface area contributed by atoms with Crippen molar-refractivity contribution in [3.63, 3.8) is 0 Å². The number of aliphatic hydroxyl groups is 1. The summed E-state index contributed by atoms with van der Waals surface area (Å²) in [6, 6.07) is 4.28. The minimum Gasteiger partial charge on any atom is -0.395 e. The number of aliphatic hydroxyl groups excluding tert-OH is 1. The molecule has 0 spiro atoms. The molecule has 2 rings (SSSR count). The van der Waals surface area contributed by atoms with Crippen molar-refractivity contribution < 1.29 is 22.7 Å². The van der Waals surface area contributed by atoms with Gasteiger partial charge in [0.15, 0.2) is 0 Å². The minimum absolute atomic E-state index is 0.0505. The molecular formula is C12H13FN2O4S. The molecular weight excluding hydrogens is 287 g/mol. The summed E-state index contributed by atoms with van der Waals surface area (Å²) >= 11 is 0. The predicted octanol–water partition coefficient (Wildman–Crippen LogP) is 0.0792. The summed E-state index contributed by atoms with van der Waals surface area (Å²) in [6.07, 6.45) is 0. The second-order valence-electron chi connectivity index (χ2n) is 4.25. The lowest BCUT2D eigenvalue weighted by atomic mass is 10.2. The number of rotatable bonds is 3. The van der Waals surface area contributed by atoms with Crippen LogP contribution in [0.3, 0.4) is 0 Å². The van der Waals surface area contributed by atoms with Crippen LogP contribution >= 0.6 is 0 Å². The number of nitrogens with zero attached hydrogens (tertiary/aromatic N) is 2. The molecule has 0 radical (unpaired) electrons. The predicted molar refractivity (Wildman–Crippen MR) is 66.7 cm³/mol. The highest BCUT2D eigenvalue weighted by molar-refractivity contribution is 7.89. The van der Waals surface area contributed by atoms with Crippen molar-refractivity contribution in [2.24, 2.45) is 0 Å². The van der Waals surface area contributed by atoms with Crippen LogP contribution in [0.15, 0.2) is 23.1 Å². The summed E-state index contributed by atoms with van der Waals surface area (Å²) in [7, 11) is -4.06. The molecule has 0 aromatic heterocycles. The minimum atomic E-state index is -4.06. The van der Waals surface area contributed by atoms with Crippen molar-refractivity contribution in [3.05, 3.63) is 29.6 Å². The van der Waals surface area contributed by atoms with Crippen LogP contribution in [0.2, 0.25) is 0 Å². The molecule has 20 heavy (non-hydrogen) atoms. The highest BCUT2D eigenvalue weighted by Crippen LogP contribution is 2.24. The summed E-state index contributed by atoms with van der Waals surface area (Å²) in [4.78, 5) is -0.389. The zero-order valence-corrected chi connectivity index (χ0v) is 11.3. The van der Waals surface area contributed by atoms with Gasteiger partial charge in [-0.2, -0.15) is 9.57 Å². The van der Waals surface area contributed by atoms with Crippen LogP contribution < -0.4 is 0 Å². The molecule has 0 bridgehead atoms. The van der Waals surface area contributed by atoms with Gasteiger partial charge in [-0.3, -0.25) is 0 Å². The van der Waals surface area contributed by atoms with E-state index in [-0.39, 0.29) is 24.7 Å². The van der Waals surface area contributed by atoms with E-state index in [4.69, 9.17) is 10.00 Å². The summed E-state index contributed by atoms with van der Waals surface area (Å²) in [6.45, 7) is -0.106. The first-order chi connectivity index (χ1) is 9.52. The molecule has 1 unspecified atom stereocenters. The lowest BCUT2D eigenvalue weighted by Gasteiger charge is -2.33. The number of hydrogen-bond donors (Lipinski definition) is 1. The largest absolute Gasteiger partial charge is 0.395 e. The van der Waals surface area contributed by atoms with Crippen LogP contribution in [0.4, 0.5) is 4.39 Å². The van der Waals surface area contributed by atoms with E-state index in [1.54, 1.807) is 6.07 Å². The van der Waals surface area contributed by atoms with Crippen molar-refractivity contribution >= 4 is 10.0 Å². The van der Waals surface area contributed by atoms with E-state index in [1.165, 1.54) is 12.1 Å². The second kappa shape index (κ2) is 5.85. The molecule has 108 valence electrons. The molecule has 0 aliphatic carbocycles. The van der Waals surface area contributed by atoms with Gasteiger partial charge < -0.3 is 9.84 Å². The Bertz CT molecular complexity index is 641. The van der Waals surface area contributed by atoms with E-state index in [9.17, 15) is 17.9 Å². The van der Waals surface area contributed by atoms with Gasteiger partial charge in [0.2, 0.25) is 10.0 Å². The summed E-state index contributed by atoms with van der Waals surface area (Å²) < 4.78 is 44.8. The van der Waals surface area contributed by atoms with Crippen molar-refractivity contribution in [2.45, 2.75) is 10.9 Å². The number of benzene rings is 1. The molecule has 1 aromatic rings. The fourth-order valence-corrected chi connectivity index (χ4v) is 3.79. The molecule has 1 atom stereocenters. The molecule has 1 aliphatic rings. The zero-order chi connectivity index (χ0) is 14.8. The number of hydrogen-bond acceptors (Lipinski definition) is 5. The number of morpholine rings is 1. The molecule has 1 fully saturated rings. The monoisotopic (exact) mass is 300 g/mol. The van der Waals surface area contributed by atoms with Crippen molar-refractivity contribution in [3.8, 4) is 6.07 Å². The van der Waals surface area contributed by atoms with Gasteiger partial charge in [0, 0.05) is 6.54 Å². The summed E-state index contributed by atoms with van der Waals surface area (Å²) in [5.74, 6) is -0.887. The second-order valence-corrected chi connectivity index (χ2v) is 6.11. The van der Waals surface area contributed by atoms with E-state index < -0.39 is 34.1 Å². The van der Waals surface area contributed by atoms with Gasteiger partial charge in [-0.05, 0) is 12.1 Å². The third-order valence-corrected chi connectivity index (χ3v) is 5.05. The number of nitriles is 1. The normalized spacial score (nSPS) is 20.6. The quantitative estimate of drug-likeness (QED) is 0.853.